The number of carbonyl (C=O) groups is 3. The van der Waals surface area contributed by atoms with E-state index in [4.69, 9.17) is 18.9 Å². The van der Waals surface area contributed by atoms with Gasteiger partial charge < -0.3 is 29.2 Å². The highest BCUT2D eigenvalue weighted by molar-refractivity contribution is 5.75. The maximum Gasteiger partial charge on any atom is 0.410 e. The monoisotopic (exact) mass is 528 g/mol. The van der Waals surface area contributed by atoms with Crippen LogP contribution in [-0.4, -0.2) is 67.9 Å². The number of ether oxygens (including phenoxy) is 4. The van der Waals surface area contributed by atoms with Crippen LogP contribution < -0.4 is 5.32 Å². The molecule has 0 fully saturated rings. The molecule has 0 aliphatic heterocycles. The lowest BCUT2D eigenvalue weighted by Crippen LogP contribution is -2.44. The smallest absolute Gasteiger partial charge is 0.410 e. The number of esters is 2. The molecule has 0 saturated heterocycles. The zero-order valence-electron chi connectivity index (χ0n) is 22.8. The Morgan fingerprint density at radius 1 is 0.895 bits per heavy atom. The highest BCUT2D eigenvalue weighted by Gasteiger charge is 2.22. The summed E-state index contributed by atoms with van der Waals surface area (Å²) in [5, 5.41) is 3.13. The van der Waals surface area contributed by atoms with Gasteiger partial charge in [-0.3, -0.25) is 9.59 Å². The van der Waals surface area contributed by atoms with Crippen LogP contribution in [0.3, 0.4) is 0 Å². The van der Waals surface area contributed by atoms with Gasteiger partial charge in [0, 0.05) is 26.2 Å². The Kier molecular flexibility index (Phi) is 13.3. The Labute approximate surface area is 225 Å². The van der Waals surface area contributed by atoms with Gasteiger partial charge in [-0.25, -0.2) is 4.79 Å². The van der Waals surface area contributed by atoms with Crippen molar-refractivity contribution >= 4 is 18.0 Å². The van der Waals surface area contributed by atoms with E-state index in [2.05, 4.69) is 5.32 Å². The molecule has 1 N–H and O–H groups in total. The van der Waals surface area contributed by atoms with E-state index in [1.54, 1.807) is 20.8 Å². The molecule has 1 atom stereocenters. The molecule has 9 nitrogen and oxygen atoms in total. The summed E-state index contributed by atoms with van der Waals surface area (Å²) >= 11 is 0. The van der Waals surface area contributed by atoms with Gasteiger partial charge in [0.1, 0.15) is 18.2 Å². The molecule has 0 aromatic heterocycles. The summed E-state index contributed by atoms with van der Waals surface area (Å²) in [6.45, 7) is 6.89. The van der Waals surface area contributed by atoms with E-state index in [0.717, 1.165) is 11.1 Å². The van der Waals surface area contributed by atoms with Crippen LogP contribution in [-0.2, 0) is 41.8 Å². The number of benzene rings is 2. The first-order valence-corrected chi connectivity index (χ1v) is 12.8. The predicted molar refractivity (Wildman–Crippen MR) is 143 cm³/mol. The molecule has 0 aliphatic carbocycles. The molecule has 0 saturated carbocycles. The molecule has 2 rings (SSSR count). The summed E-state index contributed by atoms with van der Waals surface area (Å²) in [7, 11) is 1.33. The van der Waals surface area contributed by atoms with Crippen LogP contribution in [0, 0.1) is 0 Å². The fourth-order valence-electron chi connectivity index (χ4n) is 3.51. The third-order valence-electron chi connectivity index (χ3n) is 5.39. The molecule has 9 heteroatoms. The summed E-state index contributed by atoms with van der Waals surface area (Å²) in [6, 6.07) is 18.5. The van der Waals surface area contributed by atoms with Gasteiger partial charge in [0.2, 0.25) is 0 Å². The Bertz CT molecular complexity index is 977. The minimum Gasteiger partial charge on any atom is -0.468 e. The molecular formula is C29H40N2O7. The minimum absolute atomic E-state index is 0.0193. The van der Waals surface area contributed by atoms with Crippen LogP contribution in [0.1, 0.15) is 44.7 Å². The van der Waals surface area contributed by atoms with Crippen molar-refractivity contribution in [2.24, 2.45) is 0 Å². The van der Waals surface area contributed by atoms with Gasteiger partial charge in [-0.05, 0) is 38.3 Å². The summed E-state index contributed by atoms with van der Waals surface area (Å²) < 4.78 is 21.5. The second kappa shape index (κ2) is 16.4. The molecule has 0 spiro atoms. The van der Waals surface area contributed by atoms with Gasteiger partial charge >= 0.3 is 18.0 Å². The van der Waals surface area contributed by atoms with E-state index in [9.17, 15) is 14.4 Å². The summed E-state index contributed by atoms with van der Waals surface area (Å²) in [5.74, 6) is -0.824. The number of methoxy groups -OCH3 is 1. The summed E-state index contributed by atoms with van der Waals surface area (Å²) in [6.07, 6.45) is -0.138. The molecule has 0 radical (unpaired) electrons. The topological polar surface area (TPSA) is 103 Å². The molecule has 1 unspecified atom stereocenters. The van der Waals surface area contributed by atoms with Crippen molar-refractivity contribution in [1.29, 1.82) is 0 Å². The standard InChI is InChI=1S/C29H40N2O7/c1-29(2,3)38-26(32)15-18-31(28(34)37-22-24-13-9-6-10-14-24)19-17-30-25(27(33)35-4)16-20-36-21-23-11-7-5-8-12-23/h5-14,25,30H,15-22H2,1-4H3. The first kappa shape index (κ1) is 30.8. The highest BCUT2D eigenvalue weighted by Crippen LogP contribution is 2.10. The first-order valence-electron chi connectivity index (χ1n) is 12.8. The average molecular weight is 529 g/mol. The second-order valence-electron chi connectivity index (χ2n) is 9.72. The minimum atomic E-state index is -0.617. The fraction of sp³-hybridized carbons (Fsp3) is 0.483. The Balaban J connectivity index is 1.89. The van der Waals surface area contributed by atoms with Crippen molar-refractivity contribution < 1.29 is 33.3 Å². The second-order valence-corrected chi connectivity index (χ2v) is 9.72. The van der Waals surface area contributed by atoms with E-state index in [1.807, 2.05) is 60.7 Å². The fourth-order valence-corrected chi connectivity index (χ4v) is 3.51. The van der Waals surface area contributed by atoms with Gasteiger partial charge in [0.15, 0.2) is 0 Å². The van der Waals surface area contributed by atoms with Crippen molar-refractivity contribution in [3.05, 3.63) is 71.8 Å². The molecule has 0 bridgehead atoms. The quantitative estimate of drug-likeness (QED) is 0.209. The van der Waals surface area contributed by atoms with Gasteiger partial charge in [0.25, 0.3) is 0 Å². The zero-order valence-corrected chi connectivity index (χ0v) is 22.8. The van der Waals surface area contributed by atoms with Crippen LogP contribution in [0.2, 0.25) is 0 Å². The first-order chi connectivity index (χ1) is 18.2. The predicted octanol–water partition coefficient (Wildman–Crippen LogP) is 4.10. The Morgan fingerprint density at radius 2 is 1.50 bits per heavy atom. The average Bonchev–Trinajstić information content (AvgIpc) is 2.90. The molecule has 2 aromatic rings. The van der Waals surface area contributed by atoms with Crippen molar-refractivity contribution in [3.63, 3.8) is 0 Å². The molecule has 0 heterocycles. The summed E-state index contributed by atoms with van der Waals surface area (Å²) in [5.41, 5.74) is 1.28. The third kappa shape index (κ3) is 12.7. The number of rotatable bonds is 15. The number of nitrogens with one attached hydrogen (secondary N) is 1. The van der Waals surface area contributed by atoms with Gasteiger partial charge in [0.05, 0.1) is 20.1 Å². The van der Waals surface area contributed by atoms with Crippen LogP contribution in [0.15, 0.2) is 60.7 Å². The van der Waals surface area contributed by atoms with E-state index in [0.29, 0.717) is 19.6 Å². The van der Waals surface area contributed by atoms with Crippen LogP contribution in [0.5, 0.6) is 0 Å². The molecule has 208 valence electrons. The van der Waals surface area contributed by atoms with Gasteiger partial charge in [-0.15, -0.1) is 0 Å². The van der Waals surface area contributed by atoms with Gasteiger partial charge in [-0.2, -0.15) is 0 Å². The zero-order chi connectivity index (χ0) is 27.8. The van der Waals surface area contributed by atoms with E-state index >= 15 is 0 Å². The molecule has 38 heavy (non-hydrogen) atoms. The molecular weight excluding hydrogens is 488 g/mol. The largest absolute Gasteiger partial charge is 0.468 e. The number of carbonyl (C=O) groups excluding carboxylic acids is 3. The highest BCUT2D eigenvalue weighted by atomic mass is 16.6. The van der Waals surface area contributed by atoms with Crippen molar-refractivity contribution in [3.8, 4) is 0 Å². The molecule has 1 amide bonds. The van der Waals surface area contributed by atoms with Crippen LogP contribution in [0.4, 0.5) is 4.79 Å². The van der Waals surface area contributed by atoms with Crippen LogP contribution >= 0.6 is 0 Å². The number of nitrogens with zero attached hydrogens (tertiary/aromatic N) is 1. The van der Waals surface area contributed by atoms with E-state index < -0.39 is 29.7 Å². The van der Waals surface area contributed by atoms with E-state index in [1.165, 1.54) is 12.0 Å². The lowest BCUT2D eigenvalue weighted by atomic mass is 10.2. The SMILES string of the molecule is COC(=O)C(CCOCc1ccccc1)NCCN(CCC(=O)OC(C)(C)C)C(=O)OCc1ccccc1. The maximum absolute atomic E-state index is 12.8. The maximum atomic E-state index is 12.8. The lowest BCUT2D eigenvalue weighted by Gasteiger charge is -2.25. The molecule has 0 aliphatic rings. The van der Waals surface area contributed by atoms with Crippen molar-refractivity contribution in [2.75, 3.05) is 33.4 Å². The Morgan fingerprint density at radius 3 is 2.08 bits per heavy atom. The lowest BCUT2D eigenvalue weighted by molar-refractivity contribution is -0.155. The summed E-state index contributed by atoms with van der Waals surface area (Å²) in [4.78, 5) is 38.8. The number of hydrogen-bond acceptors (Lipinski definition) is 8. The van der Waals surface area contributed by atoms with Crippen molar-refractivity contribution in [2.45, 2.75) is 58.5 Å². The third-order valence-corrected chi connectivity index (χ3v) is 5.39. The van der Waals surface area contributed by atoms with Crippen molar-refractivity contribution in [1.82, 2.24) is 10.2 Å². The Hall–Kier alpha value is -3.43. The number of hydrogen-bond donors (Lipinski definition) is 1. The number of amides is 1. The van der Waals surface area contributed by atoms with E-state index in [-0.39, 0.29) is 32.7 Å². The molecule has 2 aromatic carbocycles. The normalized spacial score (nSPS) is 11.9. The van der Waals surface area contributed by atoms with Gasteiger partial charge in [-0.1, -0.05) is 60.7 Å². The van der Waals surface area contributed by atoms with Crippen LogP contribution in [0.25, 0.3) is 0 Å².